The number of carbonyl (C=O) groups is 2. The molecule has 0 aliphatic carbocycles. The number of carbonyl (C=O) groups excluding carboxylic acids is 1. The summed E-state index contributed by atoms with van der Waals surface area (Å²) in [6.07, 6.45) is -5.24. The first-order chi connectivity index (χ1) is 20.0. The molecule has 226 valence electrons. The highest BCUT2D eigenvalue weighted by Gasteiger charge is 2.31. The zero-order valence-electron chi connectivity index (χ0n) is 22.8. The number of aliphatic carboxylic acids is 1. The number of hydrogen-bond donors (Lipinski definition) is 1. The van der Waals surface area contributed by atoms with Crippen LogP contribution in [0, 0.1) is 5.82 Å². The zero-order valence-corrected chi connectivity index (χ0v) is 22.8. The number of carboxylic acids is 1. The molecule has 12 heteroatoms. The maximum Gasteiger partial charge on any atom is 0.573 e. The first-order valence-corrected chi connectivity index (χ1v) is 13.2. The van der Waals surface area contributed by atoms with Gasteiger partial charge in [-0.1, -0.05) is 24.3 Å². The molecule has 1 amide bonds. The fourth-order valence-corrected chi connectivity index (χ4v) is 3.92. The lowest BCUT2D eigenvalue weighted by atomic mass is 10.1. The van der Waals surface area contributed by atoms with Crippen molar-refractivity contribution in [1.82, 2.24) is 4.90 Å². The second-order valence-corrected chi connectivity index (χ2v) is 9.08. The van der Waals surface area contributed by atoms with Crippen molar-refractivity contribution in [2.75, 3.05) is 26.3 Å². The van der Waals surface area contributed by atoms with Crippen LogP contribution in [0.15, 0.2) is 72.8 Å². The van der Waals surface area contributed by atoms with Crippen LogP contribution in [0.4, 0.5) is 22.4 Å². The molecule has 3 rings (SSSR count). The number of halogens is 4. The Labute approximate surface area is 240 Å². The van der Waals surface area contributed by atoms with E-state index in [0.29, 0.717) is 18.6 Å². The lowest BCUT2D eigenvalue weighted by Crippen LogP contribution is -2.37. The summed E-state index contributed by atoms with van der Waals surface area (Å²) in [4.78, 5) is 25.7. The Hall–Kier alpha value is -4.32. The van der Waals surface area contributed by atoms with Crippen LogP contribution >= 0.6 is 0 Å². The van der Waals surface area contributed by atoms with Gasteiger partial charge in [-0.15, -0.1) is 13.2 Å². The smallest absolute Gasteiger partial charge is 0.492 e. The largest absolute Gasteiger partial charge is 0.573 e. The van der Waals surface area contributed by atoms with Crippen molar-refractivity contribution in [2.24, 2.45) is 0 Å². The summed E-state index contributed by atoms with van der Waals surface area (Å²) < 4.78 is 70.6. The van der Waals surface area contributed by atoms with E-state index < -0.39 is 30.3 Å². The predicted molar refractivity (Wildman–Crippen MR) is 144 cm³/mol. The van der Waals surface area contributed by atoms with Crippen LogP contribution in [0.3, 0.4) is 0 Å². The molecule has 42 heavy (non-hydrogen) atoms. The predicted octanol–water partition coefficient (Wildman–Crippen LogP) is 6.27. The summed E-state index contributed by atoms with van der Waals surface area (Å²) in [5.74, 6) is -1.32. The summed E-state index contributed by atoms with van der Waals surface area (Å²) in [5.41, 5.74) is 1.64. The molecule has 3 aromatic carbocycles. The number of aryl methyl sites for hydroxylation is 1. The monoisotopic (exact) mass is 593 g/mol. The summed E-state index contributed by atoms with van der Waals surface area (Å²) in [5, 5.41) is 9.26. The van der Waals surface area contributed by atoms with E-state index in [4.69, 9.17) is 14.2 Å². The molecule has 1 unspecified atom stereocenters. The molecule has 1 atom stereocenters. The maximum atomic E-state index is 13.2. The minimum Gasteiger partial charge on any atom is -0.492 e. The standard InChI is InChI=1S/C30H31F4NO7/c1-2-39-27(28(36)37)20-22-7-11-24(12-8-22)40-19-18-35(17-3-4-21-5-9-23(31)10-6-21)29(38)41-25-13-15-26(16-14-25)42-30(32,33)34/h5-16,27H,2-4,17-20H2,1H3,(H,36,37). The van der Waals surface area contributed by atoms with Crippen molar-refractivity contribution in [3.05, 3.63) is 89.7 Å². The SMILES string of the molecule is CCOC(Cc1ccc(OCCN(CCCc2ccc(F)cc2)C(=O)Oc2ccc(OC(F)(F)F)cc2)cc1)C(=O)O. The molecule has 0 saturated carbocycles. The molecule has 0 heterocycles. The average Bonchev–Trinajstić information content (AvgIpc) is 2.94. The van der Waals surface area contributed by atoms with E-state index >= 15 is 0 Å². The van der Waals surface area contributed by atoms with Gasteiger partial charge in [-0.25, -0.2) is 14.0 Å². The van der Waals surface area contributed by atoms with Crippen molar-refractivity contribution in [3.63, 3.8) is 0 Å². The van der Waals surface area contributed by atoms with Crippen LogP contribution in [-0.4, -0.2) is 60.8 Å². The van der Waals surface area contributed by atoms with Gasteiger partial charge in [0, 0.05) is 19.6 Å². The molecule has 3 aromatic rings. The van der Waals surface area contributed by atoms with Crippen molar-refractivity contribution in [3.8, 4) is 17.2 Å². The Morgan fingerprint density at radius 2 is 1.45 bits per heavy atom. The Kier molecular flexibility index (Phi) is 12.0. The Morgan fingerprint density at radius 3 is 2.05 bits per heavy atom. The third-order valence-corrected chi connectivity index (χ3v) is 5.95. The zero-order chi connectivity index (χ0) is 30.5. The van der Waals surface area contributed by atoms with Gasteiger partial charge in [0.05, 0.1) is 6.54 Å². The van der Waals surface area contributed by atoms with E-state index in [9.17, 15) is 32.3 Å². The number of alkyl halides is 3. The van der Waals surface area contributed by atoms with Crippen LogP contribution in [-0.2, 0) is 22.4 Å². The quantitative estimate of drug-likeness (QED) is 0.208. The maximum absolute atomic E-state index is 13.2. The highest BCUT2D eigenvalue weighted by Crippen LogP contribution is 2.25. The van der Waals surface area contributed by atoms with Gasteiger partial charge in [0.2, 0.25) is 0 Å². The molecule has 0 bridgehead atoms. The van der Waals surface area contributed by atoms with Crippen LogP contribution < -0.4 is 14.2 Å². The molecule has 0 aliphatic rings. The second-order valence-electron chi connectivity index (χ2n) is 9.08. The number of carboxylic acid groups (broad SMARTS) is 1. The Balaban J connectivity index is 1.58. The van der Waals surface area contributed by atoms with Gasteiger partial charge in [0.25, 0.3) is 0 Å². The van der Waals surface area contributed by atoms with E-state index in [-0.39, 0.29) is 44.3 Å². The number of hydrogen-bond acceptors (Lipinski definition) is 6. The van der Waals surface area contributed by atoms with Crippen molar-refractivity contribution >= 4 is 12.1 Å². The highest BCUT2D eigenvalue weighted by molar-refractivity contribution is 5.72. The molecule has 1 N–H and O–H groups in total. The fourth-order valence-electron chi connectivity index (χ4n) is 3.92. The lowest BCUT2D eigenvalue weighted by molar-refractivity contribution is -0.274. The van der Waals surface area contributed by atoms with Gasteiger partial charge in [-0.05, 0) is 79.4 Å². The molecule has 0 aromatic heterocycles. The van der Waals surface area contributed by atoms with Crippen molar-refractivity contribution in [1.29, 1.82) is 0 Å². The van der Waals surface area contributed by atoms with E-state index in [1.807, 2.05) is 0 Å². The molecule has 0 saturated heterocycles. The minimum atomic E-state index is -4.84. The van der Waals surface area contributed by atoms with Gasteiger partial charge in [-0.2, -0.15) is 0 Å². The third-order valence-electron chi connectivity index (χ3n) is 5.95. The Morgan fingerprint density at radius 1 is 0.857 bits per heavy atom. The van der Waals surface area contributed by atoms with Gasteiger partial charge >= 0.3 is 18.4 Å². The molecular formula is C30H31F4NO7. The van der Waals surface area contributed by atoms with E-state index in [0.717, 1.165) is 23.3 Å². The van der Waals surface area contributed by atoms with E-state index in [1.54, 1.807) is 43.3 Å². The average molecular weight is 594 g/mol. The first-order valence-electron chi connectivity index (χ1n) is 13.2. The van der Waals surface area contributed by atoms with Gasteiger partial charge in [-0.3, -0.25) is 0 Å². The summed E-state index contributed by atoms with van der Waals surface area (Å²) >= 11 is 0. The molecule has 8 nitrogen and oxygen atoms in total. The molecular weight excluding hydrogens is 562 g/mol. The summed E-state index contributed by atoms with van der Waals surface area (Å²) in [6.45, 7) is 2.49. The number of ether oxygens (including phenoxy) is 4. The molecule has 0 radical (unpaired) electrons. The van der Waals surface area contributed by atoms with Crippen LogP contribution in [0.5, 0.6) is 17.2 Å². The minimum absolute atomic E-state index is 0.0290. The van der Waals surface area contributed by atoms with Gasteiger partial charge in [0.15, 0.2) is 6.10 Å². The molecule has 0 fully saturated rings. The first kappa shape index (κ1) is 32.2. The van der Waals surface area contributed by atoms with E-state index in [2.05, 4.69) is 4.74 Å². The number of amides is 1. The van der Waals surface area contributed by atoms with Gasteiger partial charge < -0.3 is 29.0 Å². The number of rotatable bonds is 15. The third kappa shape index (κ3) is 11.3. The van der Waals surface area contributed by atoms with Crippen LogP contribution in [0.2, 0.25) is 0 Å². The second kappa shape index (κ2) is 15.6. The molecule has 0 aliphatic heterocycles. The normalized spacial score (nSPS) is 11.9. The fraction of sp³-hybridized carbons (Fsp3) is 0.333. The lowest BCUT2D eigenvalue weighted by Gasteiger charge is -2.22. The topological polar surface area (TPSA) is 94.5 Å². The Bertz CT molecular complexity index is 1270. The van der Waals surface area contributed by atoms with Crippen LogP contribution in [0.1, 0.15) is 24.5 Å². The van der Waals surface area contributed by atoms with Crippen molar-refractivity contribution in [2.45, 2.75) is 38.7 Å². The number of nitrogens with zero attached hydrogens (tertiary/aromatic N) is 1. The summed E-state index contributed by atoms with van der Waals surface area (Å²) in [7, 11) is 0. The van der Waals surface area contributed by atoms with Crippen molar-refractivity contribution < 1.29 is 51.2 Å². The molecule has 0 spiro atoms. The van der Waals surface area contributed by atoms with Gasteiger partial charge in [0.1, 0.15) is 29.7 Å². The highest BCUT2D eigenvalue weighted by atomic mass is 19.4. The van der Waals surface area contributed by atoms with Crippen LogP contribution in [0.25, 0.3) is 0 Å². The summed E-state index contributed by atoms with van der Waals surface area (Å²) in [6, 6.07) is 17.3. The van der Waals surface area contributed by atoms with E-state index in [1.165, 1.54) is 29.2 Å². The number of benzene rings is 3.